The van der Waals surface area contributed by atoms with Crippen molar-refractivity contribution in [2.75, 3.05) is 6.61 Å². The molecule has 0 aromatic heterocycles. The van der Waals surface area contributed by atoms with E-state index in [2.05, 4.69) is 36.5 Å². The zero-order valence-corrected chi connectivity index (χ0v) is 14.3. The fourth-order valence-corrected chi connectivity index (χ4v) is 3.13. The van der Waals surface area contributed by atoms with Gasteiger partial charge >= 0.3 is 0 Å². The molecule has 1 aliphatic heterocycles. The molecule has 1 atom stereocenters. The zero-order valence-electron chi connectivity index (χ0n) is 14.3. The molecule has 1 aliphatic rings. The Morgan fingerprint density at radius 3 is 2.67 bits per heavy atom. The lowest BCUT2D eigenvalue weighted by molar-refractivity contribution is -0.121. The molecule has 0 bridgehead atoms. The highest BCUT2D eigenvalue weighted by atomic mass is 16.5. The molecule has 1 amide bonds. The Hall–Kier alpha value is -2.29. The molecule has 24 heavy (non-hydrogen) atoms. The molecule has 3 heteroatoms. The second kappa shape index (κ2) is 8.00. The first kappa shape index (κ1) is 16.6. The third-order valence-corrected chi connectivity index (χ3v) is 4.50. The number of carbonyl (C=O) groups excluding carboxylic acids is 1. The molecule has 0 aliphatic carbocycles. The van der Waals surface area contributed by atoms with Crippen LogP contribution in [0.25, 0.3) is 0 Å². The van der Waals surface area contributed by atoms with Crippen molar-refractivity contribution in [3.63, 3.8) is 0 Å². The molecule has 1 N–H and O–H groups in total. The molecule has 126 valence electrons. The van der Waals surface area contributed by atoms with Gasteiger partial charge in [0.25, 0.3) is 0 Å². The van der Waals surface area contributed by atoms with Gasteiger partial charge in [0.15, 0.2) is 0 Å². The lowest BCUT2D eigenvalue weighted by Gasteiger charge is -2.26. The number of amides is 1. The van der Waals surface area contributed by atoms with E-state index < -0.39 is 0 Å². The Morgan fingerprint density at radius 2 is 1.88 bits per heavy atom. The Bertz CT molecular complexity index is 678. The summed E-state index contributed by atoms with van der Waals surface area (Å²) in [7, 11) is 0. The summed E-state index contributed by atoms with van der Waals surface area (Å²) < 4.78 is 5.65. The third kappa shape index (κ3) is 4.16. The van der Waals surface area contributed by atoms with E-state index in [0.29, 0.717) is 13.0 Å². The summed E-state index contributed by atoms with van der Waals surface area (Å²) >= 11 is 0. The van der Waals surface area contributed by atoms with Crippen LogP contribution in [-0.4, -0.2) is 12.5 Å². The maximum absolute atomic E-state index is 12.4. The van der Waals surface area contributed by atoms with Crippen molar-refractivity contribution in [2.24, 2.45) is 0 Å². The number of benzene rings is 2. The van der Waals surface area contributed by atoms with Gasteiger partial charge in [-0.3, -0.25) is 4.79 Å². The summed E-state index contributed by atoms with van der Waals surface area (Å²) in [5, 5.41) is 3.15. The molecule has 1 heterocycles. The van der Waals surface area contributed by atoms with Crippen molar-refractivity contribution in [3.8, 4) is 5.75 Å². The van der Waals surface area contributed by atoms with E-state index in [1.165, 1.54) is 18.4 Å². The summed E-state index contributed by atoms with van der Waals surface area (Å²) in [5.41, 5.74) is 3.49. The van der Waals surface area contributed by atoms with Gasteiger partial charge in [0.2, 0.25) is 5.91 Å². The maximum atomic E-state index is 12.4. The van der Waals surface area contributed by atoms with Crippen molar-refractivity contribution >= 4 is 5.91 Å². The van der Waals surface area contributed by atoms with Gasteiger partial charge in [-0.1, -0.05) is 55.8 Å². The Kier molecular flexibility index (Phi) is 5.52. The van der Waals surface area contributed by atoms with E-state index in [1.54, 1.807) is 0 Å². The number of ether oxygens (including phenoxy) is 1. The summed E-state index contributed by atoms with van der Waals surface area (Å²) in [6.45, 7) is 2.85. The standard InChI is InChI=1S/C21H25NO2/c1-2-3-6-16-9-11-17(12-10-16)15-21(23)22-19-13-14-24-20-8-5-4-7-18(19)20/h4-5,7-12,19H,2-3,6,13-15H2,1H3,(H,22,23)/t19-/m1/s1. The lowest BCUT2D eigenvalue weighted by atomic mass is 10.00. The van der Waals surface area contributed by atoms with E-state index in [1.807, 2.05) is 24.3 Å². The number of nitrogens with one attached hydrogen (secondary N) is 1. The monoisotopic (exact) mass is 323 g/mol. The minimum absolute atomic E-state index is 0.0475. The van der Waals surface area contributed by atoms with Crippen LogP contribution in [0.2, 0.25) is 0 Å². The number of hydrogen-bond donors (Lipinski definition) is 1. The zero-order chi connectivity index (χ0) is 16.8. The van der Waals surface area contributed by atoms with Gasteiger partial charge < -0.3 is 10.1 Å². The molecule has 0 unspecified atom stereocenters. The van der Waals surface area contributed by atoms with Gasteiger partial charge in [0, 0.05) is 12.0 Å². The van der Waals surface area contributed by atoms with Crippen LogP contribution in [0.15, 0.2) is 48.5 Å². The first-order valence-electron chi connectivity index (χ1n) is 8.85. The predicted octanol–water partition coefficient (Wildman–Crippen LogP) is 4.21. The van der Waals surface area contributed by atoms with Crippen molar-refractivity contribution in [1.29, 1.82) is 0 Å². The largest absolute Gasteiger partial charge is 0.493 e. The first-order valence-corrected chi connectivity index (χ1v) is 8.85. The minimum atomic E-state index is 0.0475. The molecular weight excluding hydrogens is 298 g/mol. The number of unbranched alkanes of at least 4 members (excludes halogenated alkanes) is 1. The van der Waals surface area contributed by atoms with Crippen molar-refractivity contribution in [3.05, 3.63) is 65.2 Å². The number of carbonyl (C=O) groups is 1. The Morgan fingerprint density at radius 1 is 1.12 bits per heavy atom. The van der Waals surface area contributed by atoms with Crippen LogP contribution in [0.3, 0.4) is 0 Å². The van der Waals surface area contributed by atoms with Crippen LogP contribution in [0.4, 0.5) is 0 Å². The van der Waals surface area contributed by atoms with E-state index in [0.717, 1.165) is 29.7 Å². The quantitative estimate of drug-likeness (QED) is 0.865. The molecule has 2 aromatic carbocycles. The predicted molar refractivity (Wildman–Crippen MR) is 96.2 cm³/mol. The summed E-state index contributed by atoms with van der Waals surface area (Å²) in [6, 6.07) is 16.4. The van der Waals surface area contributed by atoms with Gasteiger partial charge in [0.1, 0.15) is 5.75 Å². The minimum Gasteiger partial charge on any atom is -0.493 e. The van der Waals surface area contributed by atoms with Gasteiger partial charge in [-0.15, -0.1) is 0 Å². The van der Waals surface area contributed by atoms with E-state index >= 15 is 0 Å². The SMILES string of the molecule is CCCCc1ccc(CC(=O)N[C@@H]2CCOc3ccccc32)cc1. The molecule has 3 nitrogen and oxygen atoms in total. The molecule has 0 saturated carbocycles. The smallest absolute Gasteiger partial charge is 0.224 e. The van der Waals surface area contributed by atoms with Crippen LogP contribution in [0, 0.1) is 0 Å². The fourth-order valence-electron chi connectivity index (χ4n) is 3.13. The van der Waals surface area contributed by atoms with E-state index in [4.69, 9.17) is 4.74 Å². The molecule has 0 saturated heterocycles. The van der Waals surface area contributed by atoms with Crippen LogP contribution in [-0.2, 0) is 17.6 Å². The maximum Gasteiger partial charge on any atom is 0.224 e. The normalized spacial score (nSPS) is 16.1. The van der Waals surface area contributed by atoms with Gasteiger partial charge in [-0.05, 0) is 30.0 Å². The average molecular weight is 323 g/mol. The van der Waals surface area contributed by atoms with Gasteiger partial charge in [0.05, 0.1) is 19.1 Å². The number of rotatable bonds is 6. The van der Waals surface area contributed by atoms with Crippen molar-refractivity contribution in [2.45, 2.75) is 45.1 Å². The first-order chi connectivity index (χ1) is 11.8. The molecule has 2 aromatic rings. The molecule has 3 rings (SSSR count). The summed E-state index contributed by atoms with van der Waals surface area (Å²) in [4.78, 5) is 12.4. The molecule has 0 fully saturated rings. The fraction of sp³-hybridized carbons (Fsp3) is 0.381. The van der Waals surface area contributed by atoms with Crippen LogP contribution in [0.5, 0.6) is 5.75 Å². The third-order valence-electron chi connectivity index (χ3n) is 4.50. The Labute approximate surface area is 144 Å². The van der Waals surface area contributed by atoms with Crippen molar-refractivity contribution < 1.29 is 9.53 Å². The summed E-state index contributed by atoms with van der Waals surface area (Å²) in [6.07, 6.45) is 4.77. The highest BCUT2D eigenvalue weighted by Crippen LogP contribution is 2.31. The number of hydrogen-bond acceptors (Lipinski definition) is 2. The Balaban J connectivity index is 1.58. The van der Waals surface area contributed by atoms with Crippen LogP contribution in [0.1, 0.15) is 48.9 Å². The lowest BCUT2D eigenvalue weighted by Crippen LogP contribution is -2.33. The second-order valence-corrected chi connectivity index (χ2v) is 6.39. The van der Waals surface area contributed by atoms with E-state index in [9.17, 15) is 4.79 Å². The average Bonchev–Trinajstić information content (AvgIpc) is 2.61. The van der Waals surface area contributed by atoms with Gasteiger partial charge in [-0.25, -0.2) is 0 Å². The molecule has 0 radical (unpaired) electrons. The molecule has 0 spiro atoms. The summed E-state index contributed by atoms with van der Waals surface area (Å²) in [5.74, 6) is 0.951. The number of fused-ring (bicyclic) bond motifs is 1. The highest BCUT2D eigenvalue weighted by Gasteiger charge is 2.22. The van der Waals surface area contributed by atoms with Crippen molar-refractivity contribution in [1.82, 2.24) is 5.32 Å². The molecular formula is C21H25NO2. The second-order valence-electron chi connectivity index (χ2n) is 6.39. The van der Waals surface area contributed by atoms with Crippen LogP contribution < -0.4 is 10.1 Å². The number of para-hydroxylation sites is 1. The highest BCUT2D eigenvalue weighted by molar-refractivity contribution is 5.79. The van der Waals surface area contributed by atoms with E-state index in [-0.39, 0.29) is 11.9 Å². The number of aryl methyl sites for hydroxylation is 1. The topological polar surface area (TPSA) is 38.3 Å². The van der Waals surface area contributed by atoms with Gasteiger partial charge in [-0.2, -0.15) is 0 Å². The van der Waals surface area contributed by atoms with Crippen LogP contribution >= 0.6 is 0 Å².